The summed E-state index contributed by atoms with van der Waals surface area (Å²) in [4.78, 5) is 3.78. The highest BCUT2D eigenvalue weighted by Gasteiger charge is 1.91. The normalized spacial score (nSPS) is 10.1. The number of imidazole rings is 1. The molecule has 0 amide bonds. The highest BCUT2D eigenvalue weighted by atomic mass is 79.9. The molecule has 0 saturated heterocycles. The minimum atomic E-state index is 1.18. The molecule has 0 fully saturated rings. The number of aromatic nitrogens is 2. The Kier molecular flexibility index (Phi) is 15.5. The van der Waals surface area contributed by atoms with Crippen LogP contribution < -0.4 is 0 Å². The van der Waals surface area contributed by atoms with Gasteiger partial charge in [0.1, 0.15) is 0 Å². The van der Waals surface area contributed by atoms with E-state index >= 15 is 0 Å². The van der Waals surface area contributed by atoms with Gasteiger partial charge in [-0.3, -0.25) is 0 Å². The van der Waals surface area contributed by atoms with Gasteiger partial charge in [0.05, 0.1) is 6.33 Å². The molecule has 0 unspecified atom stereocenters. The number of nitrogens with zero attached hydrogens (tertiary/aromatic N) is 2. The standard InChI is InChI=1S/C12H25Br.C4H6N2/c1-2-3-4-5-6-7-8-9-10-11-12-13;1-6-3-2-5-4-6/h2-12H2,1H3;2-4H,1H3. The predicted molar refractivity (Wildman–Crippen MR) is 88.8 cm³/mol. The van der Waals surface area contributed by atoms with Crippen LogP contribution in [0.4, 0.5) is 0 Å². The first-order valence-electron chi connectivity index (χ1n) is 7.79. The van der Waals surface area contributed by atoms with E-state index in [2.05, 4.69) is 27.8 Å². The Hall–Kier alpha value is -0.310. The van der Waals surface area contributed by atoms with E-state index in [1.807, 2.05) is 17.8 Å². The fraction of sp³-hybridized carbons (Fsp3) is 0.812. The van der Waals surface area contributed by atoms with Crippen LogP contribution in [0.1, 0.15) is 71.1 Å². The predicted octanol–water partition coefficient (Wildman–Crippen LogP) is 5.72. The number of aryl methyl sites for hydroxylation is 1. The van der Waals surface area contributed by atoms with Crippen molar-refractivity contribution in [2.24, 2.45) is 7.05 Å². The quantitative estimate of drug-likeness (QED) is 0.396. The average molecular weight is 331 g/mol. The monoisotopic (exact) mass is 330 g/mol. The summed E-state index contributed by atoms with van der Waals surface area (Å²) < 4.78 is 1.89. The Morgan fingerprint density at radius 1 is 0.895 bits per heavy atom. The molecule has 1 aromatic rings. The maximum atomic E-state index is 3.78. The van der Waals surface area contributed by atoms with Crippen molar-refractivity contribution in [1.82, 2.24) is 9.55 Å². The van der Waals surface area contributed by atoms with E-state index in [-0.39, 0.29) is 0 Å². The maximum Gasteiger partial charge on any atom is 0.0943 e. The molecular formula is C16H31BrN2. The number of hydrogen-bond acceptors (Lipinski definition) is 1. The number of halogens is 1. The molecular weight excluding hydrogens is 300 g/mol. The molecule has 0 N–H and O–H groups in total. The van der Waals surface area contributed by atoms with E-state index in [9.17, 15) is 0 Å². The molecule has 0 aromatic carbocycles. The van der Waals surface area contributed by atoms with E-state index < -0.39 is 0 Å². The minimum Gasteiger partial charge on any atom is -0.341 e. The molecule has 1 aromatic heterocycles. The van der Waals surface area contributed by atoms with Crippen LogP contribution in [0.5, 0.6) is 0 Å². The molecule has 1 rings (SSSR count). The van der Waals surface area contributed by atoms with Crippen molar-refractivity contribution in [3.05, 3.63) is 18.7 Å². The van der Waals surface area contributed by atoms with Gasteiger partial charge in [-0.15, -0.1) is 0 Å². The van der Waals surface area contributed by atoms with Crippen molar-refractivity contribution in [1.29, 1.82) is 0 Å². The number of unbranched alkanes of at least 4 members (excludes halogenated alkanes) is 9. The molecule has 0 atom stereocenters. The van der Waals surface area contributed by atoms with E-state index in [1.165, 1.54) is 69.5 Å². The number of alkyl halides is 1. The van der Waals surface area contributed by atoms with Gasteiger partial charge in [-0.25, -0.2) is 4.98 Å². The summed E-state index contributed by atoms with van der Waals surface area (Å²) in [6, 6.07) is 0. The van der Waals surface area contributed by atoms with Gasteiger partial charge in [-0.1, -0.05) is 80.6 Å². The molecule has 19 heavy (non-hydrogen) atoms. The second-order valence-electron chi connectivity index (χ2n) is 5.10. The molecule has 0 radical (unpaired) electrons. The van der Waals surface area contributed by atoms with E-state index in [1.54, 1.807) is 12.5 Å². The van der Waals surface area contributed by atoms with Crippen LogP contribution in [0.25, 0.3) is 0 Å². The smallest absolute Gasteiger partial charge is 0.0943 e. The van der Waals surface area contributed by atoms with E-state index in [0.29, 0.717) is 0 Å². The molecule has 1 heterocycles. The Morgan fingerprint density at radius 3 is 1.74 bits per heavy atom. The summed E-state index contributed by atoms with van der Waals surface area (Å²) >= 11 is 3.46. The lowest BCUT2D eigenvalue weighted by Gasteiger charge is -2.00. The van der Waals surface area contributed by atoms with Gasteiger partial charge in [-0.05, 0) is 6.42 Å². The van der Waals surface area contributed by atoms with Crippen molar-refractivity contribution < 1.29 is 0 Å². The van der Waals surface area contributed by atoms with Gasteiger partial charge < -0.3 is 4.57 Å². The highest BCUT2D eigenvalue weighted by molar-refractivity contribution is 9.09. The van der Waals surface area contributed by atoms with E-state index in [0.717, 1.165) is 0 Å². The van der Waals surface area contributed by atoms with Gasteiger partial charge >= 0.3 is 0 Å². The van der Waals surface area contributed by atoms with Gasteiger partial charge in [-0.2, -0.15) is 0 Å². The molecule has 0 bridgehead atoms. The van der Waals surface area contributed by atoms with Crippen LogP contribution in [-0.4, -0.2) is 14.9 Å². The molecule has 0 aliphatic rings. The number of rotatable bonds is 10. The zero-order valence-corrected chi connectivity index (χ0v) is 14.4. The van der Waals surface area contributed by atoms with Crippen molar-refractivity contribution in [2.45, 2.75) is 71.1 Å². The summed E-state index contributed by atoms with van der Waals surface area (Å²) in [7, 11) is 1.94. The molecule has 0 spiro atoms. The second-order valence-corrected chi connectivity index (χ2v) is 5.89. The first-order valence-corrected chi connectivity index (χ1v) is 8.91. The first kappa shape index (κ1) is 18.7. The van der Waals surface area contributed by atoms with Crippen LogP contribution in [0.3, 0.4) is 0 Å². The molecule has 0 aliphatic heterocycles. The molecule has 112 valence electrons. The summed E-state index contributed by atoms with van der Waals surface area (Å²) in [5.41, 5.74) is 0. The maximum absolute atomic E-state index is 3.78. The third kappa shape index (κ3) is 15.6. The van der Waals surface area contributed by atoms with Crippen molar-refractivity contribution in [2.75, 3.05) is 5.33 Å². The Balaban J connectivity index is 0.000000443. The highest BCUT2D eigenvalue weighted by Crippen LogP contribution is 2.10. The van der Waals surface area contributed by atoms with Gasteiger partial charge in [0.15, 0.2) is 0 Å². The number of hydrogen-bond donors (Lipinski definition) is 0. The van der Waals surface area contributed by atoms with Crippen LogP contribution in [-0.2, 0) is 7.05 Å². The third-order valence-corrected chi connectivity index (χ3v) is 3.68. The molecule has 0 aliphatic carbocycles. The van der Waals surface area contributed by atoms with Gasteiger partial charge in [0, 0.05) is 24.8 Å². The third-order valence-electron chi connectivity index (χ3n) is 3.12. The van der Waals surface area contributed by atoms with Crippen molar-refractivity contribution in [3.8, 4) is 0 Å². The topological polar surface area (TPSA) is 17.8 Å². The SMILES string of the molecule is CCCCCCCCCCCCBr.Cn1ccnc1. The zero-order valence-electron chi connectivity index (χ0n) is 12.8. The fourth-order valence-electron chi connectivity index (χ4n) is 1.91. The van der Waals surface area contributed by atoms with Gasteiger partial charge in [0.2, 0.25) is 0 Å². The summed E-state index contributed by atoms with van der Waals surface area (Å²) in [6.45, 7) is 2.28. The summed E-state index contributed by atoms with van der Waals surface area (Å²) in [6.07, 6.45) is 19.7. The Morgan fingerprint density at radius 2 is 1.42 bits per heavy atom. The van der Waals surface area contributed by atoms with Crippen molar-refractivity contribution >= 4 is 15.9 Å². The molecule has 3 heteroatoms. The minimum absolute atomic E-state index is 1.18. The average Bonchev–Trinajstić information content (AvgIpc) is 2.89. The lowest BCUT2D eigenvalue weighted by atomic mass is 10.1. The second kappa shape index (κ2) is 15.7. The van der Waals surface area contributed by atoms with Crippen LogP contribution >= 0.6 is 15.9 Å². The van der Waals surface area contributed by atoms with Crippen LogP contribution in [0, 0.1) is 0 Å². The summed E-state index contributed by atoms with van der Waals surface area (Å²) in [5, 5.41) is 1.18. The zero-order chi connectivity index (χ0) is 14.2. The lowest BCUT2D eigenvalue weighted by molar-refractivity contribution is 0.563. The largest absolute Gasteiger partial charge is 0.341 e. The lowest BCUT2D eigenvalue weighted by Crippen LogP contribution is -1.81. The Labute approximate surface area is 128 Å². The van der Waals surface area contributed by atoms with Crippen LogP contribution in [0.2, 0.25) is 0 Å². The Bertz CT molecular complexity index is 237. The first-order chi connectivity index (χ1) is 9.31. The van der Waals surface area contributed by atoms with E-state index in [4.69, 9.17) is 0 Å². The fourth-order valence-corrected chi connectivity index (χ4v) is 2.30. The molecule has 2 nitrogen and oxygen atoms in total. The summed E-state index contributed by atoms with van der Waals surface area (Å²) in [5.74, 6) is 0. The van der Waals surface area contributed by atoms with Gasteiger partial charge in [0.25, 0.3) is 0 Å². The van der Waals surface area contributed by atoms with Crippen molar-refractivity contribution in [3.63, 3.8) is 0 Å². The molecule has 0 saturated carbocycles. The van der Waals surface area contributed by atoms with Crippen LogP contribution in [0.15, 0.2) is 18.7 Å².